The van der Waals surface area contributed by atoms with Gasteiger partial charge in [-0.25, -0.2) is 0 Å². The molecule has 0 N–H and O–H groups in total. The first-order valence-electron chi connectivity index (χ1n) is 4.36. The van der Waals surface area contributed by atoms with Gasteiger partial charge in [0.2, 0.25) is 0 Å². The first-order valence-corrected chi connectivity index (χ1v) is 5.15. The number of hydrogen-bond acceptors (Lipinski definition) is 0. The summed E-state index contributed by atoms with van der Waals surface area (Å²) in [4.78, 5) is 0. The third-order valence-corrected chi connectivity index (χ3v) is 3.04. The average Bonchev–Trinajstić information content (AvgIpc) is 2.85. The van der Waals surface area contributed by atoms with Gasteiger partial charge in [-0.1, -0.05) is 22.0 Å². The Morgan fingerprint density at radius 1 is 1.21 bits per heavy atom. The third-order valence-electron chi connectivity index (χ3n) is 2.34. The number of halogens is 4. The van der Waals surface area contributed by atoms with Crippen LogP contribution in [0.4, 0.5) is 13.2 Å². The van der Waals surface area contributed by atoms with Crippen LogP contribution in [0.25, 0.3) is 0 Å². The summed E-state index contributed by atoms with van der Waals surface area (Å²) in [5.74, 6) is 0.0993. The fourth-order valence-electron chi connectivity index (χ4n) is 1.57. The lowest BCUT2D eigenvalue weighted by Gasteiger charge is -2.13. The maximum absolute atomic E-state index is 12.6. The normalized spacial score (nSPS) is 17.1. The summed E-state index contributed by atoms with van der Waals surface area (Å²) >= 11 is 3.18. The highest BCUT2D eigenvalue weighted by Gasteiger charge is 2.38. The molecule has 1 aromatic carbocycles. The number of alkyl halides is 3. The van der Waals surface area contributed by atoms with Crippen molar-refractivity contribution in [2.75, 3.05) is 0 Å². The van der Waals surface area contributed by atoms with E-state index < -0.39 is 11.7 Å². The Balaban J connectivity index is 2.53. The predicted octanol–water partition coefficient (Wildman–Crippen LogP) is 4.35. The third kappa shape index (κ3) is 1.80. The smallest absolute Gasteiger partial charge is 0.166 e. The van der Waals surface area contributed by atoms with E-state index in [2.05, 4.69) is 15.9 Å². The van der Waals surface area contributed by atoms with Crippen LogP contribution in [0.15, 0.2) is 22.7 Å². The summed E-state index contributed by atoms with van der Waals surface area (Å²) in [6.45, 7) is 0. The summed E-state index contributed by atoms with van der Waals surface area (Å²) in [7, 11) is 0. The topological polar surface area (TPSA) is 0 Å². The lowest BCUT2D eigenvalue weighted by molar-refractivity contribution is -0.138. The van der Waals surface area contributed by atoms with Gasteiger partial charge in [-0.3, -0.25) is 0 Å². The molecule has 0 saturated heterocycles. The molecule has 0 aliphatic heterocycles. The molecule has 4 heteroatoms. The molecule has 0 nitrogen and oxygen atoms in total. The molecule has 0 atom stereocenters. The van der Waals surface area contributed by atoms with Gasteiger partial charge >= 0.3 is 6.18 Å². The molecule has 1 saturated carbocycles. The van der Waals surface area contributed by atoms with Crippen molar-refractivity contribution in [1.29, 1.82) is 0 Å². The van der Waals surface area contributed by atoms with E-state index in [-0.39, 0.29) is 5.92 Å². The predicted molar refractivity (Wildman–Crippen MR) is 51.1 cm³/mol. The van der Waals surface area contributed by atoms with Crippen molar-refractivity contribution in [3.63, 3.8) is 0 Å². The van der Waals surface area contributed by atoms with E-state index in [0.717, 1.165) is 18.9 Å². The molecule has 14 heavy (non-hydrogen) atoms. The Bertz CT molecular complexity index is 353. The minimum absolute atomic E-state index is 0.0993. The fraction of sp³-hybridized carbons (Fsp3) is 0.400. The van der Waals surface area contributed by atoms with Gasteiger partial charge in [-0.05, 0) is 36.5 Å². The molecule has 0 amide bonds. The molecular weight excluding hydrogens is 257 g/mol. The summed E-state index contributed by atoms with van der Waals surface area (Å²) in [5.41, 5.74) is -0.0608. The van der Waals surface area contributed by atoms with E-state index in [0.29, 0.717) is 10.0 Å². The standard InChI is InChI=1S/C10H8BrF3/c11-8-3-1-2-7(10(12,13)14)9(8)6-4-5-6/h1-3,6H,4-5H2. The van der Waals surface area contributed by atoms with Gasteiger partial charge < -0.3 is 0 Å². The van der Waals surface area contributed by atoms with Crippen molar-refractivity contribution in [1.82, 2.24) is 0 Å². The molecule has 0 heterocycles. The molecule has 2 rings (SSSR count). The summed E-state index contributed by atoms with van der Waals surface area (Å²) < 4.78 is 38.4. The van der Waals surface area contributed by atoms with Gasteiger partial charge in [0.25, 0.3) is 0 Å². The molecule has 1 aliphatic carbocycles. The Morgan fingerprint density at radius 2 is 1.86 bits per heavy atom. The van der Waals surface area contributed by atoms with Crippen LogP contribution in [0.2, 0.25) is 0 Å². The van der Waals surface area contributed by atoms with Crippen molar-refractivity contribution in [3.8, 4) is 0 Å². The van der Waals surface area contributed by atoms with E-state index in [1.807, 2.05) is 0 Å². The second kappa shape index (κ2) is 3.26. The van der Waals surface area contributed by atoms with Crippen LogP contribution >= 0.6 is 15.9 Å². The SMILES string of the molecule is FC(F)(F)c1cccc(Br)c1C1CC1. The van der Waals surface area contributed by atoms with E-state index in [1.54, 1.807) is 6.07 Å². The van der Waals surface area contributed by atoms with Crippen LogP contribution in [0.1, 0.15) is 29.9 Å². The molecule has 1 aromatic rings. The quantitative estimate of drug-likeness (QED) is 0.708. The molecule has 76 valence electrons. The first-order chi connectivity index (χ1) is 6.50. The van der Waals surface area contributed by atoms with Crippen LogP contribution in [0.3, 0.4) is 0 Å². The number of benzene rings is 1. The van der Waals surface area contributed by atoms with Crippen molar-refractivity contribution in [2.45, 2.75) is 24.9 Å². The van der Waals surface area contributed by atoms with Gasteiger partial charge in [0.05, 0.1) is 5.56 Å². The van der Waals surface area contributed by atoms with Crippen molar-refractivity contribution in [3.05, 3.63) is 33.8 Å². The Hall–Kier alpha value is -0.510. The van der Waals surface area contributed by atoms with Crippen molar-refractivity contribution in [2.24, 2.45) is 0 Å². The van der Waals surface area contributed by atoms with Gasteiger partial charge in [0.15, 0.2) is 0 Å². The highest BCUT2D eigenvalue weighted by atomic mass is 79.9. The molecule has 0 unspecified atom stereocenters. The zero-order valence-corrected chi connectivity index (χ0v) is 8.82. The largest absolute Gasteiger partial charge is 0.416 e. The average molecular weight is 265 g/mol. The second-order valence-corrected chi connectivity index (χ2v) is 4.33. The highest BCUT2D eigenvalue weighted by Crippen LogP contribution is 2.48. The van der Waals surface area contributed by atoms with Crippen molar-refractivity contribution >= 4 is 15.9 Å². The van der Waals surface area contributed by atoms with Gasteiger partial charge in [-0.2, -0.15) is 13.2 Å². The molecule has 0 bridgehead atoms. The van der Waals surface area contributed by atoms with Crippen LogP contribution < -0.4 is 0 Å². The zero-order chi connectivity index (χ0) is 10.3. The minimum atomic E-state index is -4.23. The van der Waals surface area contributed by atoms with Crippen LogP contribution in [-0.2, 0) is 6.18 Å². The molecular formula is C10H8BrF3. The molecule has 1 aliphatic rings. The van der Waals surface area contributed by atoms with Gasteiger partial charge in [0, 0.05) is 4.47 Å². The Labute approximate surface area is 88.2 Å². The lowest BCUT2D eigenvalue weighted by atomic mass is 10.0. The maximum atomic E-state index is 12.6. The Kier molecular flexibility index (Phi) is 2.33. The number of rotatable bonds is 1. The minimum Gasteiger partial charge on any atom is -0.166 e. The van der Waals surface area contributed by atoms with Gasteiger partial charge in [-0.15, -0.1) is 0 Å². The maximum Gasteiger partial charge on any atom is 0.416 e. The second-order valence-electron chi connectivity index (χ2n) is 3.47. The van der Waals surface area contributed by atoms with Crippen LogP contribution in [0.5, 0.6) is 0 Å². The van der Waals surface area contributed by atoms with Crippen molar-refractivity contribution < 1.29 is 13.2 Å². The highest BCUT2D eigenvalue weighted by molar-refractivity contribution is 9.10. The van der Waals surface area contributed by atoms with Gasteiger partial charge in [0.1, 0.15) is 0 Å². The van der Waals surface area contributed by atoms with Crippen LogP contribution in [0, 0.1) is 0 Å². The van der Waals surface area contributed by atoms with E-state index >= 15 is 0 Å². The molecule has 1 fully saturated rings. The summed E-state index contributed by atoms with van der Waals surface area (Å²) in [6.07, 6.45) is -2.50. The molecule has 0 aromatic heterocycles. The van der Waals surface area contributed by atoms with E-state index in [4.69, 9.17) is 0 Å². The summed E-state index contributed by atoms with van der Waals surface area (Å²) in [5, 5.41) is 0. The van der Waals surface area contributed by atoms with E-state index in [9.17, 15) is 13.2 Å². The molecule has 0 spiro atoms. The monoisotopic (exact) mass is 264 g/mol. The fourth-order valence-corrected chi connectivity index (χ4v) is 2.26. The van der Waals surface area contributed by atoms with Crippen LogP contribution in [-0.4, -0.2) is 0 Å². The lowest BCUT2D eigenvalue weighted by Crippen LogP contribution is -2.08. The Morgan fingerprint density at radius 3 is 2.36 bits per heavy atom. The molecule has 0 radical (unpaired) electrons. The van der Waals surface area contributed by atoms with E-state index in [1.165, 1.54) is 6.07 Å². The first kappa shape index (κ1) is 10.0. The number of hydrogen-bond donors (Lipinski definition) is 0. The zero-order valence-electron chi connectivity index (χ0n) is 7.24. The summed E-state index contributed by atoms with van der Waals surface area (Å²) in [6, 6.07) is 4.25.